The van der Waals surface area contributed by atoms with E-state index in [1.165, 1.54) is 0 Å². The van der Waals surface area contributed by atoms with Gasteiger partial charge in [0.1, 0.15) is 0 Å². The number of halogens is 2. The van der Waals surface area contributed by atoms with Gasteiger partial charge in [-0.15, -0.1) is 12.4 Å². The molecule has 1 atom stereocenters. The number of guanidine groups is 1. The number of carbonyl (C=O) groups excluding carboxylic acids is 1. The number of rotatable bonds is 4. The van der Waals surface area contributed by atoms with Gasteiger partial charge >= 0.3 is 0 Å². The number of hydrogen-bond donors (Lipinski definition) is 3. The van der Waals surface area contributed by atoms with E-state index in [0.29, 0.717) is 11.4 Å². The molecule has 0 aliphatic carbocycles. The Morgan fingerprint density at radius 2 is 1.86 bits per heavy atom. The molecule has 2 rings (SSSR count). The van der Waals surface area contributed by atoms with Gasteiger partial charge in [0.25, 0.3) is 0 Å². The first-order valence-corrected chi connectivity index (χ1v) is 6.88. The molecule has 0 aromatic heterocycles. The molecule has 2 aromatic carbocycles. The highest BCUT2D eigenvalue weighted by Crippen LogP contribution is 2.24. The Morgan fingerprint density at radius 1 is 1.18 bits per heavy atom. The highest BCUT2D eigenvalue weighted by Gasteiger charge is 2.21. The van der Waals surface area contributed by atoms with E-state index >= 15 is 0 Å². The zero-order valence-electron chi connectivity index (χ0n) is 11.8. The number of benzene rings is 2. The fourth-order valence-corrected chi connectivity index (χ4v) is 2.35. The average Bonchev–Trinajstić information content (AvgIpc) is 2.45. The van der Waals surface area contributed by atoms with Gasteiger partial charge in [0.2, 0.25) is 5.91 Å². The average molecular weight is 338 g/mol. The molecular weight excluding hydrogens is 321 g/mol. The molecule has 1 amide bonds. The van der Waals surface area contributed by atoms with Gasteiger partial charge in [-0.05, 0) is 29.7 Å². The molecule has 0 saturated heterocycles. The normalized spacial score (nSPS) is 11.1. The van der Waals surface area contributed by atoms with E-state index < -0.39 is 5.92 Å². The summed E-state index contributed by atoms with van der Waals surface area (Å²) in [5.74, 6) is -1.12. The van der Waals surface area contributed by atoms with Crippen LogP contribution in [0, 0.1) is 5.41 Å². The van der Waals surface area contributed by atoms with Gasteiger partial charge in [0.05, 0.1) is 5.92 Å². The molecule has 1 unspecified atom stereocenters. The Morgan fingerprint density at radius 3 is 2.45 bits per heavy atom. The first-order valence-electron chi connectivity index (χ1n) is 6.50. The van der Waals surface area contributed by atoms with Crippen LogP contribution >= 0.6 is 24.0 Å². The second-order valence-corrected chi connectivity index (χ2v) is 5.14. The third kappa shape index (κ3) is 5.06. The van der Waals surface area contributed by atoms with E-state index in [9.17, 15) is 4.79 Å². The Bertz CT molecular complexity index is 647. The second kappa shape index (κ2) is 8.41. The van der Waals surface area contributed by atoms with Crippen molar-refractivity contribution >= 4 is 35.9 Å². The lowest BCUT2D eigenvalue weighted by atomic mass is 9.91. The molecule has 22 heavy (non-hydrogen) atoms. The number of amides is 1. The summed E-state index contributed by atoms with van der Waals surface area (Å²) in [6.07, 6.45) is 0.514. The second-order valence-electron chi connectivity index (χ2n) is 4.70. The minimum absolute atomic E-state index is 0. The van der Waals surface area contributed by atoms with Gasteiger partial charge in [-0.3, -0.25) is 15.5 Å². The van der Waals surface area contributed by atoms with Gasteiger partial charge in [-0.1, -0.05) is 54.1 Å². The van der Waals surface area contributed by atoms with Crippen molar-refractivity contribution in [2.75, 3.05) is 0 Å². The van der Waals surface area contributed by atoms with Crippen LogP contribution in [-0.2, 0) is 11.2 Å². The van der Waals surface area contributed by atoms with Crippen LogP contribution in [0.25, 0.3) is 0 Å². The molecule has 0 heterocycles. The van der Waals surface area contributed by atoms with Gasteiger partial charge in [-0.2, -0.15) is 0 Å². The van der Waals surface area contributed by atoms with Crippen molar-refractivity contribution in [3.63, 3.8) is 0 Å². The van der Waals surface area contributed by atoms with Gasteiger partial charge in [0.15, 0.2) is 5.96 Å². The lowest BCUT2D eigenvalue weighted by molar-refractivity contribution is -0.121. The molecule has 0 bridgehead atoms. The van der Waals surface area contributed by atoms with Crippen molar-refractivity contribution < 1.29 is 4.79 Å². The quantitative estimate of drug-likeness (QED) is 0.592. The smallest absolute Gasteiger partial charge is 0.234 e. The molecule has 0 radical (unpaired) electrons. The molecule has 4 nitrogen and oxygen atoms in total. The van der Waals surface area contributed by atoms with Crippen LogP contribution in [0.4, 0.5) is 0 Å². The highest BCUT2D eigenvalue weighted by molar-refractivity contribution is 6.30. The predicted molar refractivity (Wildman–Crippen MR) is 91.6 cm³/mol. The zero-order valence-corrected chi connectivity index (χ0v) is 13.3. The summed E-state index contributed by atoms with van der Waals surface area (Å²) in [6.45, 7) is 0. The lowest BCUT2D eigenvalue weighted by Crippen LogP contribution is -2.39. The summed E-state index contributed by atoms with van der Waals surface area (Å²) in [4.78, 5) is 12.3. The van der Waals surface area contributed by atoms with E-state index in [4.69, 9.17) is 22.7 Å². The Labute approximate surface area is 140 Å². The maximum atomic E-state index is 12.3. The summed E-state index contributed by atoms with van der Waals surface area (Å²) in [6, 6.07) is 16.9. The zero-order chi connectivity index (χ0) is 15.2. The molecule has 2 aromatic rings. The van der Waals surface area contributed by atoms with E-state index in [1.807, 2.05) is 36.4 Å². The standard InChI is InChI=1S/C16H16ClN3O.ClH/c17-13-8-4-7-12(10-13)14(15(21)20-16(18)19)9-11-5-2-1-3-6-11;/h1-8,10,14H,9H2,(H4,18,19,20,21);1H. The van der Waals surface area contributed by atoms with E-state index in [2.05, 4.69) is 5.32 Å². The summed E-state index contributed by atoms with van der Waals surface area (Å²) in [5.41, 5.74) is 7.08. The SMILES string of the molecule is Cl.N=C(N)NC(=O)C(Cc1ccccc1)c1cccc(Cl)c1. The topological polar surface area (TPSA) is 79.0 Å². The number of hydrogen-bond acceptors (Lipinski definition) is 2. The molecule has 0 aliphatic heterocycles. The first kappa shape index (κ1) is 18.0. The van der Waals surface area contributed by atoms with Crippen molar-refractivity contribution in [3.05, 3.63) is 70.7 Å². The molecule has 4 N–H and O–H groups in total. The van der Waals surface area contributed by atoms with Crippen LogP contribution in [-0.4, -0.2) is 11.9 Å². The van der Waals surface area contributed by atoms with Crippen molar-refractivity contribution in [1.82, 2.24) is 5.32 Å². The monoisotopic (exact) mass is 337 g/mol. The molecule has 0 fully saturated rings. The van der Waals surface area contributed by atoms with E-state index in [0.717, 1.165) is 11.1 Å². The molecule has 0 aliphatic rings. The minimum Gasteiger partial charge on any atom is -0.370 e. The van der Waals surface area contributed by atoms with Crippen LogP contribution < -0.4 is 11.1 Å². The van der Waals surface area contributed by atoms with Crippen LogP contribution in [0.1, 0.15) is 17.0 Å². The third-order valence-corrected chi connectivity index (χ3v) is 3.34. The number of carbonyl (C=O) groups is 1. The van der Waals surface area contributed by atoms with Crippen LogP contribution in [0.5, 0.6) is 0 Å². The summed E-state index contributed by atoms with van der Waals surface area (Å²) < 4.78 is 0. The van der Waals surface area contributed by atoms with E-state index in [-0.39, 0.29) is 24.3 Å². The minimum atomic E-state index is -0.449. The van der Waals surface area contributed by atoms with Gasteiger partial charge in [0, 0.05) is 5.02 Å². The first-order chi connectivity index (χ1) is 10.1. The van der Waals surface area contributed by atoms with Crippen molar-refractivity contribution in [2.24, 2.45) is 5.73 Å². The Hall–Kier alpha value is -2.04. The highest BCUT2D eigenvalue weighted by atomic mass is 35.5. The fourth-order valence-electron chi connectivity index (χ4n) is 2.15. The van der Waals surface area contributed by atoms with Gasteiger partial charge in [-0.25, -0.2) is 0 Å². The molecule has 0 spiro atoms. The molecule has 6 heteroatoms. The van der Waals surface area contributed by atoms with Crippen molar-refractivity contribution in [1.29, 1.82) is 5.41 Å². The molecule has 0 saturated carbocycles. The van der Waals surface area contributed by atoms with Crippen LogP contribution in [0.15, 0.2) is 54.6 Å². The number of nitrogens with two attached hydrogens (primary N) is 1. The number of nitrogens with one attached hydrogen (secondary N) is 2. The third-order valence-electron chi connectivity index (χ3n) is 3.11. The maximum Gasteiger partial charge on any atom is 0.234 e. The summed E-state index contributed by atoms with van der Waals surface area (Å²) in [7, 11) is 0. The lowest BCUT2D eigenvalue weighted by Gasteiger charge is -2.17. The fraction of sp³-hybridized carbons (Fsp3) is 0.125. The summed E-state index contributed by atoms with van der Waals surface area (Å²) in [5, 5.41) is 10.2. The Kier molecular flexibility index (Phi) is 6.89. The largest absolute Gasteiger partial charge is 0.370 e. The summed E-state index contributed by atoms with van der Waals surface area (Å²) >= 11 is 6.00. The maximum absolute atomic E-state index is 12.3. The van der Waals surface area contributed by atoms with Gasteiger partial charge < -0.3 is 5.73 Å². The van der Waals surface area contributed by atoms with Crippen molar-refractivity contribution in [2.45, 2.75) is 12.3 Å². The van der Waals surface area contributed by atoms with Crippen molar-refractivity contribution in [3.8, 4) is 0 Å². The van der Waals surface area contributed by atoms with Crippen LogP contribution in [0.2, 0.25) is 5.02 Å². The Balaban J connectivity index is 0.00000242. The van der Waals surface area contributed by atoms with Crippen LogP contribution in [0.3, 0.4) is 0 Å². The predicted octanol–water partition coefficient (Wildman–Crippen LogP) is 3.10. The van der Waals surface area contributed by atoms with E-state index in [1.54, 1.807) is 18.2 Å². The molecular formula is C16H17Cl2N3O. The molecule has 116 valence electrons.